The molecule has 0 atom stereocenters. The highest BCUT2D eigenvalue weighted by atomic mass is 16.5. The number of aromatic nitrogens is 1. The molecule has 1 aromatic rings. The van der Waals surface area contributed by atoms with Gasteiger partial charge in [-0.2, -0.15) is 0 Å². The second-order valence-electron chi connectivity index (χ2n) is 4.06. The Morgan fingerprint density at radius 2 is 2.25 bits per heavy atom. The zero-order valence-corrected chi connectivity index (χ0v) is 10.2. The molecule has 0 fully saturated rings. The van der Waals surface area contributed by atoms with E-state index in [0.29, 0.717) is 25.7 Å². The van der Waals surface area contributed by atoms with Gasteiger partial charge in [0.2, 0.25) is 0 Å². The third-order valence-electron chi connectivity index (χ3n) is 2.34. The molecular formula is C12H20N2O2. The number of nitrogens with zero attached hydrogens (tertiary/aromatic N) is 1. The van der Waals surface area contributed by atoms with Gasteiger partial charge in [-0.05, 0) is 6.07 Å². The molecule has 0 saturated carbocycles. The summed E-state index contributed by atoms with van der Waals surface area (Å²) in [5.41, 5.74) is 0.861. The van der Waals surface area contributed by atoms with Crippen LogP contribution >= 0.6 is 0 Å². The molecular weight excluding hydrogens is 204 g/mol. The van der Waals surface area contributed by atoms with Gasteiger partial charge in [-0.15, -0.1) is 0 Å². The van der Waals surface area contributed by atoms with Crippen molar-refractivity contribution in [2.45, 2.75) is 33.0 Å². The van der Waals surface area contributed by atoms with Gasteiger partial charge in [0, 0.05) is 38.0 Å². The first kappa shape index (κ1) is 12.9. The van der Waals surface area contributed by atoms with E-state index in [4.69, 9.17) is 4.74 Å². The third-order valence-corrected chi connectivity index (χ3v) is 2.34. The first-order valence-corrected chi connectivity index (χ1v) is 5.55. The van der Waals surface area contributed by atoms with Gasteiger partial charge in [0.15, 0.2) is 0 Å². The van der Waals surface area contributed by atoms with E-state index >= 15 is 0 Å². The van der Waals surface area contributed by atoms with E-state index in [-0.39, 0.29) is 5.56 Å². The fraction of sp³-hybridized carbons (Fsp3) is 0.583. The predicted octanol–water partition coefficient (Wildman–Crippen LogP) is 0.993. The number of hydrogen-bond donors (Lipinski definition) is 1. The Morgan fingerprint density at radius 3 is 2.88 bits per heavy atom. The molecule has 0 aliphatic heterocycles. The van der Waals surface area contributed by atoms with E-state index in [1.54, 1.807) is 17.9 Å². The summed E-state index contributed by atoms with van der Waals surface area (Å²) in [6.07, 6.45) is 1.79. The molecule has 90 valence electrons. The highest BCUT2D eigenvalue weighted by molar-refractivity contribution is 5.10. The fourth-order valence-corrected chi connectivity index (χ4v) is 1.40. The SMILES string of the molecule is COCCn1cccc(CNC(C)C)c1=O. The van der Waals surface area contributed by atoms with Crippen molar-refractivity contribution in [1.82, 2.24) is 9.88 Å². The molecule has 0 saturated heterocycles. The van der Waals surface area contributed by atoms with Gasteiger partial charge in [0.05, 0.1) is 6.61 Å². The average Bonchev–Trinajstić information content (AvgIpc) is 2.26. The van der Waals surface area contributed by atoms with Crippen molar-refractivity contribution in [2.75, 3.05) is 13.7 Å². The minimum Gasteiger partial charge on any atom is -0.383 e. The minimum atomic E-state index is 0.0627. The van der Waals surface area contributed by atoms with Crippen LogP contribution in [-0.2, 0) is 17.8 Å². The Hall–Kier alpha value is -1.13. The molecule has 0 radical (unpaired) electrons. The monoisotopic (exact) mass is 224 g/mol. The maximum atomic E-state index is 12.0. The van der Waals surface area contributed by atoms with Crippen LogP contribution in [0, 0.1) is 0 Å². The number of methoxy groups -OCH3 is 1. The Labute approximate surface area is 96.2 Å². The highest BCUT2D eigenvalue weighted by Crippen LogP contribution is 1.93. The van der Waals surface area contributed by atoms with Gasteiger partial charge in [-0.3, -0.25) is 4.79 Å². The topological polar surface area (TPSA) is 43.3 Å². The van der Waals surface area contributed by atoms with Crippen LogP contribution in [0.25, 0.3) is 0 Å². The number of ether oxygens (including phenoxy) is 1. The van der Waals surface area contributed by atoms with Crippen LogP contribution in [-0.4, -0.2) is 24.3 Å². The molecule has 0 aliphatic carbocycles. The maximum Gasteiger partial charge on any atom is 0.255 e. The van der Waals surface area contributed by atoms with Gasteiger partial charge >= 0.3 is 0 Å². The Bertz CT molecular complexity index is 372. The number of rotatable bonds is 6. The average molecular weight is 224 g/mol. The van der Waals surface area contributed by atoms with Gasteiger partial charge in [-0.25, -0.2) is 0 Å². The van der Waals surface area contributed by atoms with E-state index in [1.165, 1.54) is 0 Å². The van der Waals surface area contributed by atoms with Crippen LogP contribution in [0.3, 0.4) is 0 Å². The van der Waals surface area contributed by atoms with Crippen molar-refractivity contribution in [1.29, 1.82) is 0 Å². The van der Waals surface area contributed by atoms with Gasteiger partial charge in [0.25, 0.3) is 5.56 Å². The van der Waals surface area contributed by atoms with Crippen LogP contribution in [0.5, 0.6) is 0 Å². The lowest BCUT2D eigenvalue weighted by Gasteiger charge is -2.10. The van der Waals surface area contributed by atoms with E-state index < -0.39 is 0 Å². The normalized spacial score (nSPS) is 11.0. The van der Waals surface area contributed by atoms with E-state index in [1.807, 2.05) is 12.1 Å². The van der Waals surface area contributed by atoms with Crippen molar-refractivity contribution in [2.24, 2.45) is 0 Å². The van der Waals surface area contributed by atoms with Gasteiger partial charge < -0.3 is 14.6 Å². The maximum absolute atomic E-state index is 12.0. The standard InChI is InChI=1S/C12H20N2O2/c1-10(2)13-9-11-5-4-6-14(12(11)15)7-8-16-3/h4-6,10,13H,7-9H2,1-3H3. The van der Waals surface area contributed by atoms with Crippen molar-refractivity contribution >= 4 is 0 Å². The molecule has 0 spiro atoms. The summed E-state index contributed by atoms with van der Waals surface area (Å²) in [6, 6.07) is 4.14. The summed E-state index contributed by atoms with van der Waals surface area (Å²) in [6.45, 7) is 5.90. The smallest absolute Gasteiger partial charge is 0.255 e. The Kier molecular flexibility index (Phi) is 5.22. The molecule has 16 heavy (non-hydrogen) atoms. The van der Waals surface area contributed by atoms with Crippen LogP contribution in [0.15, 0.2) is 23.1 Å². The zero-order chi connectivity index (χ0) is 12.0. The molecule has 0 amide bonds. The quantitative estimate of drug-likeness (QED) is 0.783. The van der Waals surface area contributed by atoms with Crippen molar-refractivity contribution in [3.8, 4) is 0 Å². The summed E-state index contributed by atoms with van der Waals surface area (Å²) in [5.74, 6) is 0. The number of pyridine rings is 1. The fourth-order valence-electron chi connectivity index (χ4n) is 1.40. The lowest BCUT2D eigenvalue weighted by molar-refractivity contribution is 0.186. The molecule has 0 aliphatic rings. The molecule has 4 heteroatoms. The molecule has 0 bridgehead atoms. The lowest BCUT2D eigenvalue weighted by atomic mass is 10.2. The summed E-state index contributed by atoms with van der Waals surface area (Å²) in [7, 11) is 1.63. The number of hydrogen-bond acceptors (Lipinski definition) is 3. The van der Waals surface area contributed by atoms with Crippen LogP contribution in [0.1, 0.15) is 19.4 Å². The van der Waals surface area contributed by atoms with Crippen molar-refractivity contribution < 1.29 is 4.74 Å². The largest absolute Gasteiger partial charge is 0.383 e. The van der Waals surface area contributed by atoms with E-state index in [9.17, 15) is 4.79 Å². The van der Waals surface area contributed by atoms with Crippen LogP contribution in [0.2, 0.25) is 0 Å². The molecule has 1 rings (SSSR count). The van der Waals surface area contributed by atoms with E-state index in [0.717, 1.165) is 5.56 Å². The minimum absolute atomic E-state index is 0.0627. The third kappa shape index (κ3) is 3.79. The highest BCUT2D eigenvalue weighted by Gasteiger charge is 2.03. The lowest BCUT2D eigenvalue weighted by Crippen LogP contribution is -2.30. The first-order valence-electron chi connectivity index (χ1n) is 5.55. The zero-order valence-electron chi connectivity index (χ0n) is 10.2. The molecule has 0 unspecified atom stereocenters. The molecule has 1 heterocycles. The second-order valence-corrected chi connectivity index (χ2v) is 4.06. The summed E-state index contributed by atoms with van der Waals surface area (Å²) >= 11 is 0. The van der Waals surface area contributed by atoms with Crippen LogP contribution in [0.4, 0.5) is 0 Å². The predicted molar refractivity (Wildman–Crippen MR) is 64.6 cm³/mol. The van der Waals surface area contributed by atoms with Crippen molar-refractivity contribution in [3.05, 3.63) is 34.2 Å². The van der Waals surface area contributed by atoms with E-state index in [2.05, 4.69) is 19.2 Å². The van der Waals surface area contributed by atoms with Gasteiger partial charge in [0.1, 0.15) is 0 Å². The summed E-state index contributed by atoms with van der Waals surface area (Å²) in [4.78, 5) is 12.0. The molecule has 4 nitrogen and oxygen atoms in total. The molecule has 1 aromatic heterocycles. The first-order chi connectivity index (χ1) is 7.65. The van der Waals surface area contributed by atoms with Gasteiger partial charge in [-0.1, -0.05) is 19.9 Å². The molecule has 0 aromatic carbocycles. The summed E-state index contributed by atoms with van der Waals surface area (Å²) in [5, 5.41) is 3.24. The summed E-state index contributed by atoms with van der Waals surface area (Å²) < 4.78 is 6.64. The Morgan fingerprint density at radius 1 is 1.50 bits per heavy atom. The molecule has 1 N–H and O–H groups in total. The van der Waals surface area contributed by atoms with Crippen molar-refractivity contribution in [3.63, 3.8) is 0 Å². The number of nitrogens with one attached hydrogen (secondary N) is 1. The Balaban J connectivity index is 2.74. The van der Waals surface area contributed by atoms with Crippen LogP contribution < -0.4 is 10.9 Å². The second kappa shape index (κ2) is 6.45.